The minimum atomic E-state index is -1.26. The zero-order valence-corrected chi connectivity index (χ0v) is 11.9. The van der Waals surface area contributed by atoms with Gasteiger partial charge in [0, 0.05) is 5.56 Å². The molecule has 0 bridgehead atoms. The molecule has 0 amide bonds. The van der Waals surface area contributed by atoms with Crippen LogP contribution in [0.3, 0.4) is 0 Å². The molecule has 1 saturated carbocycles. The Labute approximate surface area is 117 Å². The fourth-order valence-corrected chi connectivity index (χ4v) is 3.00. The summed E-state index contributed by atoms with van der Waals surface area (Å²) in [6.45, 7) is 0. The molecule has 0 heterocycles. The van der Waals surface area contributed by atoms with E-state index >= 15 is 0 Å². The molecule has 0 atom stereocenters. The summed E-state index contributed by atoms with van der Waals surface area (Å²) in [6.07, 6.45) is 2.15. The van der Waals surface area contributed by atoms with Gasteiger partial charge in [-0.15, -0.1) is 0 Å². The van der Waals surface area contributed by atoms with Crippen LogP contribution in [-0.4, -0.2) is 18.2 Å². The van der Waals surface area contributed by atoms with Gasteiger partial charge in [0.2, 0.25) is 0 Å². The first-order valence-corrected chi connectivity index (χ1v) is 6.68. The smallest absolute Gasteiger partial charge is 0.314 e. The van der Waals surface area contributed by atoms with Crippen molar-refractivity contribution in [3.63, 3.8) is 0 Å². The maximum absolute atomic E-state index is 14.0. The van der Waals surface area contributed by atoms with Crippen molar-refractivity contribution in [2.45, 2.75) is 31.1 Å². The molecule has 3 nitrogen and oxygen atoms in total. The summed E-state index contributed by atoms with van der Waals surface area (Å²) in [5, 5.41) is 9.48. The molecular weight excluding hydrogens is 322 g/mol. The molecule has 6 heteroatoms. The van der Waals surface area contributed by atoms with Crippen LogP contribution in [0.4, 0.5) is 8.78 Å². The first kappa shape index (κ1) is 14.2. The SMILES string of the molecule is COc1c(C2(C(=O)O)CCCC2)cc(F)c(Br)c1F. The molecule has 0 saturated heterocycles. The standard InChI is InChI=1S/C13H13BrF2O3/c1-19-11-7(6-8(15)9(14)10(11)16)13(12(17)18)4-2-3-5-13/h6H,2-5H2,1H3,(H,17,18). The molecule has 1 aromatic rings. The van der Waals surface area contributed by atoms with E-state index in [1.54, 1.807) is 0 Å². The van der Waals surface area contributed by atoms with Crippen LogP contribution in [0.15, 0.2) is 10.5 Å². The summed E-state index contributed by atoms with van der Waals surface area (Å²) in [7, 11) is 1.25. The van der Waals surface area contributed by atoms with Crippen molar-refractivity contribution in [3.8, 4) is 5.75 Å². The van der Waals surface area contributed by atoms with Crippen molar-refractivity contribution >= 4 is 21.9 Å². The van der Waals surface area contributed by atoms with Crippen molar-refractivity contribution in [2.75, 3.05) is 7.11 Å². The minimum absolute atomic E-state index is 0.0817. The van der Waals surface area contributed by atoms with Gasteiger partial charge < -0.3 is 9.84 Å². The Hall–Kier alpha value is -1.17. The van der Waals surface area contributed by atoms with Gasteiger partial charge in [-0.1, -0.05) is 12.8 Å². The third-order valence-corrected chi connectivity index (χ3v) is 4.43. The van der Waals surface area contributed by atoms with Crippen molar-refractivity contribution in [1.82, 2.24) is 0 Å². The molecule has 0 spiro atoms. The number of benzene rings is 1. The van der Waals surface area contributed by atoms with Crippen LogP contribution >= 0.6 is 15.9 Å². The Bertz CT molecular complexity index is 525. The fraction of sp³-hybridized carbons (Fsp3) is 0.462. The number of carboxylic acids is 1. The Morgan fingerprint density at radius 2 is 2.00 bits per heavy atom. The Morgan fingerprint density at radius 3 is 2.47 bits per heavy atom. The lowest BCUT2D eigenvalue weighted by molar-refractivity contribution is -0.143. The van der Waals surface area contributed by atoms with E-state index in [-0.39, 0.29) is 15.8 Å². The summed E-state index contributed by atoms with van der Waals surface area (Å²) < 4.78 is 32.3. The topological polar surface area (TPSA) is 46.5 Å². The van der Waals surface area contributed by atoms with Gasteiger partial charge in [0.15, 0.2) is 11.6 Å². The number of rotatable bonds is 3. The van der Waals surface area contributed by atoms with Crippen LogP contribution in [0.1, 0.15) is 31.2 Å². The van der Waals surface area contributed by atoms with E-state index in [0.29, 0.717) is 12.8 Å². The number of ether oxygens (including phenoxy) is 1. The summed E-state index contributed by atoms with van der Waals surface area (Å²) >= 11 is 2.79. The molecule has 0 unspecified atom stereocenters. The maximum atomic E-state index is 14.0. The number of methoxy groups -OCH3 is 1. The van der Waals surface area contributed by atoms with Crippen LogP contribution in [-0.2, 0) is 10.2 Å². The quantitative estimate of drug-likeness (QED) is 0.858. The number of carbonyl (C=O) groups is 1. The van der Waals surface area contributed by atoms with Crippen LogP contribution in [0, 0.1) is 11.6 Å². The predicted molar refractivity (Wildman–Crippen MR) is 68.4 cm³/mol. The summed E-state index contributed by atoms with van der Waals surface area (Å²) in [4.78, 5) is 11.6. The highest BCUT2D eigenvalue weighted by atomic mass is 79.9. The normalized spacial score (nSPS) is 17.5. The van der Waals surface area contributed by atoms with E-state index in [9.17, 15) is 18.7 Å². The average molecular weight is 335 g/mol. The first-order chi connectivity index (χ1) is 8.94. The summed E-state index contributed by atoms with van der Waals surface area (Å²) in [5.41, 5.74) is -1.17. The van der Waals surface area contributed by atoms with Gasteiger partial charge >= 0.3 is 5.97 Å². The molecular formula is C13H13BrF2O3. The van der Waals surface area contributed by atoms with Gasteiger partial charge in [0.1, 0.15) is 5.82 Å². The van der Waals surface area contributed by atoms with Crippen LogP contribution in [0.2, 0.25) is 0 Å². The number of aliphatic carboxylic acids is 1. The van der Waals surface area contributed by atoms with Gasteiger partial charge in [0.05, 0.1) is 17.0 Å². The summed E-state index contributed by atoms with van der Waals surface area (Å²) in [6, 6.07) is 1.06. The average Bonchev–Trinajstić information content (AvgIpc) is 2.86. The van der Waals surface area contributed by atoms with Gasteiger partial charge in [-0.05, 0) is 34.8 Å². The zero-order valence-electron chi connectivity index (χ0n) is 10.3. The second-order valence-corrected chi connectivity index (χ2v) is 5.45. The Morgan fingerprint density at radius 1 is 1.42 bits per heavy atom. The van der Waals surface area contributed by atoms with E-state index in [4.69, 9.17) is 4.74 Å². The highest BCUT2D eigenvalue weighted by Crippen LogP contribution is 2.47. The third-order valence-electron chi connectivity index (χ3n) is 3.70. The van der Waals surface area contributed by atoms with E-state index in [2.05, 4.69) is 15.9 Å². The van der Waals surface area contributed by atoms with Crippen molar-refractivity contribution in [1.29, 1.82) is 0 Å². The Balaban J connectivity index is 2.70. The second kappa shape index (κ2) is 5.07. The molecule has 0 aliphatic heterocycles. The highest BCUT2D eigenvalue weighted by molar-refractivity contribution is 9.10. The van der Waals surface area contributed by atoms with Crippen molar-refractivity contribution in [3.05, 3.63) is 27.7 Å². The van der Waals surface area contributed by atoms with Crippen LogP contribution < -0.4 is 4.74 Å². The monoisotopic (exact) mass is 334 g/mol. The maximum Gasteiger partial charge on any atom is 0.314 e. The molecule has 19 heavy (non-hydrogen) atoms. The molecule has 0 aromatic heterocycles. The first-order valence-electron chi connectivity index (χ1n) is 5.89. The second-order valence-electron chi connectivity index (χ2n) is 4.66. The van der Waals surface area contributed by atoms with E-state index in [1.165, 1.54) is 7.11 Å². The highest BCUT2D eigenvalue weighted by Gasteiger charge is 2.46. The Kier molecular flexibility index (Phi) is 3.80. The molecule has 1 aliphatic carbocycles. The number of hydrogen-bond donors (Lipinski definition) is 1. The van der Waals surface area contributed by atoms with Gasteiger partial charge in [-0.2, -0.15) is 0 Å². The van der Waals surface area contributed by atoms with Gasteiger partial charge in [-0.3, -0.25) is 4.79 Å². The molecule has 1 fully saturated rings. The minimum Gasteiger partial charge on any atom is -0.493 e. The molecule has 1 N–H and O–H groups in total. The molecule has 2 rings (SSSR count). The number of hydrogen-bond acceptors (Lipinski definition) is 2. The largest absolute Gasteiger partial charge is 0.493 e. The van der Waals surface area contributed by atoms with Crippen molar-refractivity contribution in [2.24, 2.45) is 0 Å². The predicted octanol–water partition coefficient (Wildman–Crippen LogP) is 3.63. The zero-order chi connectivity index (χ0) is 14.2. The van der Waals surface area contributed by atoms with Gasteiger partial charge in [0.25, 0.3) is 0 Å². The van der Waals surface area contributed by atoms with E-state index < -0.39 is 23.0 Å². The molecule has 104 valence electrons. The lowest BCUT2D eigenvalue weighted by Gasteiger charge is -2.26. The van der Waals surface area contributed by atoms with Gasteiger partial charge in [-0.25, -0.2) is 8.78 Å². The molecule has 1 aliphatic rings. The fourth-order valence-electron chi connectivity index (χ4n) is 2.71. The lowest BCUT2D eigenvalue weighted by atomic mass is 9.78. The van der Waals surface area contributed by atoms with Crippen LogP contribution in [0.25, 0.3) is 0 Å². The number of carboxylic acid groups (broad SMARTS) is 1. The van der Waals surface area contributed by atoms with E-state index in [0.717, 1.165) is 18.9 Å². The molecule has 0 radical (unpaired) electrons. The van der Waals surface area contributed by atoms with E-state index in [1.807, 2.05) is 0 Å². The molecule has 1 aromatic carbocycles. The van der Waals surface area contributed by atoms with Crippen LogP contribution in [0.5, 0.6) is 5.75 Å². The summed E-state index contributed by atoms with van der Waals surface area (Å²) in [5.74, 6) is -2.98. The number of halogens is 3. The van der Waals surface area contributed by atoms with Crippen molar-refractivity contribution < 1.29 is 23.4 Å². The lowest BCUT2D eigenvalue weighted by Crippen LogP contribution is -2.33. The third kappa shape index (κ3) is 2.12.